The van der Waals surface area contributed by atoms with Gasteiger partial charge in [-0.15, -0.1) is 5.92 Å². The maximum absolute atomic E-state index is 13.3. The summed E-state index contributed by atoms with van der Waals surface area (Å²) in [4.78, 5) is 38.3. The number of fused-ring (bicyclic) bond motifs is 1. The van der Waals surface area contributed by atoms with E-state index in [2.05, 4.69) is 53.4 Å². The first kappa shape index (κ1) is 22.2. The van der Waals surface area contributed by atoms with Gasteiger partial charge in [-0.1, -0.05) is 47.5 Å². The van der Waals surface area contributed by atoms with Crippen molar-refractivity contribution in [2.24, 2.45) is 0 Å². The molecule has 0 aromatic heterocycles. The first-order chi connectivity index (χ1) is 13.1. The number of ketones is 1. The largest absolute Gasteiger partial charge is 0.447 e. The molecule has 2 rings (SSSR count). The molecular weight excluding hydrogens is 374 g/mol. The van der Waals surface area contributed by atoms with Crippen LogP contribution in [0.1, 0.15) is 54.9 Å². The standard InChI is InChI=1S/C21H31NO5Si/c1-8-9-18(26-12-23)20-16-10-17(24)19(11-22(16)21(25)27-20)28(13(2)3,14(4)5)15(6)7/h11-16,18,20H,10H2,1-7H3/t16-,18-,20-/m0/s1. The number of amides is 1. The van der Waals surface area contributed by atoms with E-state index in [1.165, 1.54) is 4.90 Å². The Kier molecular flexibility index (Phi) is 6.76. The van der Waals surface area contributed by atoms with E-state index in [1.54, 1.807) is 13.1 Å². The summed E-state index contributed by atoms with van der Waals surface area (Å²) in [5.74, 6) is 5.52. The Morgan fingerprint density at radius 3 is 2.21 bits per heavy atom. The van der Waals surface area contributed by atoms with E-state index < -0.39 is 32.4 Å². The Hall–Kier alpha value is -2.07. The molecular formula is C21H31NO5Si. The average Bonchev–Trinajstić information content (AvgIpc) is 2.90. The molecule has 0 unspecified atom stereocenters. The first-order valence-corrected chi connectivity index (χ1v) is 12.1. The summed E-state index contributed by atoms with van der Waals surface area (Å²) in [5, 5.41) is 0.816. The van der Waals surface area contributed by atoms with E-state index in [9.17, 15) is 14.4 Å². The molecule has 3 atom stereocenters. The number of rotatable bonds is 7. The van der Waals surface area contributed by atoms with E-state index >= 15 is 0 Å². The van der Waals surface area contributed by atoms with Gasteiger partial charge >= 0.3 is 6.09 Å². The normalized spacial score (nSPS) is 23.2. The van der Waals surface area contributed by atoms with Gasteiger partial charge in [-0.2, -0.15) is 0 Å². The summed E-state index contributed by atoms with van der Waals surface area (Å²) in [6.45, 7) is 15.0. The molecule has 1 amide bonds. The Labute approximate surface area is 168 Å². The van der Waals surface area contributed by atoms with Crippen LogP contribution in [0.25, 0.3) is 0 Å². The van der Waals surface area contributed by atoms with Gasteiger partial charge in [0.05, 0.1) is 6.04 Å². The van der Waals surface area contributed by atoms with Crippen molar-refractivity contribution in [1.82, 2.24) is 4.90 Å². The SMILES string of the molecule is CC#C[C@H](OC=O)[C@H]1OC(=O)N2C=C([Si](C(C)C)(C(C)C)C(C)C)C(=O)C[C@@H]12. The lowest BCUT2D eigenvalue weighted by Crippen LogP contribution is -2.53. The molecule has 0 radical (unpaired) electrons. The molecule has 6 nitrogen and oxygen atoms in total. The molecule has 2 aliphatic heterocycles. The molecule has 0 aromatic carbocycles. The fraction of sp³-hybridized carbons (Fsp3) is 0.667. The van der Waals surface area contributed by atoms with Crippen LogP contribution in [-0.2, 0) is 19.1 Å². The topological polar surface area (TPSA) is 72.9 Å². The number of Topliss-reactive ketones (excluding diaryl/α,β-unsaturated/α-hetero) is 1. The maximum atomic E-state index is 13.3. The van der Waals surface area contributed by atoms with Crippen LogP contribution in [0.15, 0.2) is 11.4 Å². The third-order valence-electron chi connectivity index (χ3n) is 6.27. The number of hydrogen-bond donors (Lipinski definition) is 0. The summed E-state index contributed by atoms with van der Waals surface area (Å²) in [5.41, 5.74) is 1.06. The van der Waals surface area contributed by atoms with Crippen LogP contribution in [0.2, 0.25) is 16.6 Å². The predicted molar refractivity (Wildman–Crippen MR) is 109 cm³/mol. The van der Waals surface area contributed by atoms with Gasteiger partial charge in [0, 0.05) is 12.6 Å². The van der Waals surface area contributed by atoms with Crippen molar-refractivity contribution >= 4 is 26.4 Å². The molecule has 0 saturated carbocycles. The summed E-state index contributed by atoms with van der Waals surface area (Å²) in [6, 6.07) is -0.507. The van der Waals surface area contributed by atoms with E-state index in [0.29, 0.717) is 23.1 Å². The lowest BCUT2D eigenvalue weighted by atomic mass is 9.97. The highest BCUT2D eigenvalue weighted by atomic mass is 28.3. The second kappa shape index (κ2) is 8.52. The van der Waals surface area contributed by atoms with Crippen LogP contribution < -0.4 is 0 Å². The number of ether oxygens (including phenoxy) is 2. The molecule has 28 heavy (non-hydrogen) atoms. The fourth-order valence-electron chi connectivity index (χ4n) is 5.37. The minimum atomic E-state index is -2.21. The van der Waals surface area contributed by atoms with Gasteiger partial charge in [0.2, 0.25) is 6.10 Å². The van der Waals surface area contributed by atoms with Crippen molar-refractivity contribution < 1.29 is 23.9 Å². The van der Waals surface area contributed by atoms with Gasteiger partial charge in [0.1, 0.15) is 8.07 Å². The molecule has 0 aliphatic carbocycles. The number of carbonyl (C=O) groups excluding carboxylic acids is 3. The Morgan fingerprint density at radius 1 is 1.18 bits per heavy atom. The number of hydrogen-bond acceptors (Lipinski definition) is 5. The Morgan fingerprint density at radius 2 is 1.75 bits per heavy atom. The van der Waals surface area contributed by atoms with E-state index in [4.69, 9.17) is 9.47 Å². The molecule has 0 spiro atoms. The average molecular weight is 406 g/mol. The summed E-state index contributed by atoms with van der Waals surface area (Å²) in [6.07, 6.45) is -0.279. The third kappa shape index (κ3) is 3.50. The lowest BCUT2D eigenvalue weighted by Gasteiger charge is -2.46. The lowest BCUT2D eigenvalue weighted by molar-refractivity contribution is -0.135. The molecule has 0 aromatic rings. The predicted octanol–water partition coefficient (Wildman–Crippen LogP) is 3.82. The smallest absolute Gasteiger partial charge is 0.414 e. The number of carbonyl (C=O) groups is 3. The second-order valence-electron chi connectivity index (χ2n) is 8.44. The first-order valence-electron chi connectivity index (χ1n) is 9.88. The summed E-state index contributed by atoms with van der Waals surface area (Å²) >= 11 is 0. The summed E-state index contributed by atoms with van der Waals surface area (Å²) < 4.78 is 10.5. The van der Waals surface area contributed by atoms with Gasteiger partial charge in [-0.25, -0.2) is 4.79 Å². The maximum Gasteiger partial charge on any atom is 0.414 e. The zero-order chi connectivity index (χ0) is 21.2. The van der Waals surface area contributed by atoms with Crippen molar-refractivity contribution in [2.75, 3.05) is 0 Å². The van der Waals surface area contributed by atoms with Gasteiger partial charge in [0.15, 0.2) is 11.9 Å². The Bertz CT molecular complexity index is 709. The minimum absolute atomic E-state index is 0.0710. The van der Waals surface area contributed by atoms with Crippen LogP contribution in [0.4, 0.5) is 4.79 Å². The molecule has 0 N–H and O–H groups in total. The van der Waals surface area contributed by atoms with Gasteiger partial charge in [0.25, 0.3) is 6.47 Å². The zero-order valence-corrected chi connectivity index (χ0v) is 18.8. The number of nitrogens with zero attached hydrogens (tertiary/aromatic N) is 1. The molecule has 1 fully saturated rings. The van der Waals surface area contributed by atoms with Crippen molar-refractivity contribution in [3.8, 4) is 11.8 Å². The van der Waals surface area contributed by atoms with Gasteiger partial charge < -0.3 is 9.47 Å². The van der Waals surface area contributed by atoms with Crippen LogP contribution in [0.5, 0.6) is 0 Å². The number of cyclic esters (lactones) is 1. The highest BCUT2D eigenvalue weighted by Gasteiger charge is 2.55. The quantitative estimate of drug-likeness (QED) is 0.366. The highest BCUT2D eigenvalue weighted by Crippen LogP contribution is 2.48. The van der Waals surface area contributed by atoms with E-state index in [-0.39, 0.29) is 12.2 Å². The third-order valence-corrected chi connectivity index (χ3v) is 13.3. The highest BCUT2D eigenvalue weighted by molar-refractivity contribution is 6.93. The van der Waals surface area contributed by atoms with Crippen molar-refractivity contribution in [3.05, 3.63) is 11.4 Å². The van der Waals surface area contributed by atoms with Crippen LogP contribution in [-0.4, -0.2) is 49.6 Å². The molecule has 7 heteroatoms. The van der Waals surface area contributed by atoms with Crippen molar-refractivity contribution in [3.63, 3.8) is 0 Å². The monoisotopic (exact) mass is 405 g/mol. The van der Waals surface area contributed by atoms with Gasteiger partial charge in [-0.05, 0) is 28.7 Å². The van der Waals surface area contributed by atoms with Crippen LogP contribution >= 0.6 is 0 Å². The molecule has 0 bridgehead atoms. The molecule has 154 valence electrons. The second-order valence-corrected chi connectivity index (χ2v) is 14.3. The number of allylic oxidation sites excluding steroid dienone is 1. The van der Waals surface area contributed by atoms with E-state index in [1.807, 2.05) is 0 Å². The fourth-order valence-corrected chi connectivity index (χ4v) is 12.2. The van der Waals surface area contributed by atoms with Crippen LogP contribution in [0, 0.1) is 11.8 Å². The molecule has 1 saturated heterocycles. The minimum Gasteiger partial charge on any atom is -0.447 e. The summed E-state index contributed by atoms with van der Waals surface area (Å²) in [7, 11) is -2.21. The van der Waals surface area contributed by atoms with Crippen molar-refractivity contribution in [2.45, 2.75) is 89.8 Å². The zero-order valence-electron chi connectivity index (χ0n) is 17.8. The van der Waals surface area contributed by atoms with Crippen LogP contribution in [0.3, 0.4) is 0 Å². The molecule has 2 aliphatic rings. The Balaban J connectivity index is 2.52. The van der Waals surface area contributed by atoms with Crippen molar-refractivity contribution in [1.29, 1.82) is 0 Å². The van der Waals surface area contributed by atoms with Gasteiger partial charge in [-0.3, -0.25) is 14.5 Å². The van der Waals surface area contributed by atoms with E-state index in [0.717, 1.165) is 5.20 Å². The molecule has 2 heterocycles.